The fourth-order valence-corrected chi connectivity index (χ4v) is 6.30. The molecular formula is C19H23N5O2S2. The summed E-state index contributed by atoms with van der Waals surface area (Å²) in [6, 6.07) is 6.23. The Balaban J connectivity index is 1.63. The molecular weight excluding hydrogens is 394 g/mol. The summed E-state index contributed by atoms with van der Waals surface area (Å²) in [5, 5.41) is 11.3. The minimum Gasteiger partial charge on any atom is -0.366 e. The lowest BCUT2D eigenvalue weighted by molar-refractivity contribution is -0.114. The first-order valence-electron chi connectivity index (χ1n) is 9.39. The number of anilines is 1. The van der Waals surface area contributed by atoms with Crippen molar-refractivity contribution in [3.63, 3.8) is 0 Å². The maximum atomic E-state index is 12.1. The number of nitrogens with one attached hydrogen (secondary N) is 1. The fourth-order valence-electron chi connectivity index (χ4n) is 4.48. The molecule has 2 atom stereocenters. The van der Waals surface area contributed by atoms with Crippen LogP contribution in [0.2, 0.25) is 0 Å². The second-order valence-corrected chi connectivity index (χ2v) is 9.71. The predicted molar refractivity (Wildman–Crippen MR) is 110 cm³/mol. The van der Waals surface area contributed by atoms with Gasteiger partial charge >= 0.3 is 0 Å². The third kappa shape index (κ3) is 3.78. The molecule has 2 aromatic rings. The summed E-state index contributed by atoms with van der Waals surface area (Å²) in [6.45, 7) is 5.97. The monoisotopic (exact) mass is 417 g/mol. The second kappa shape index (κ2) is 7.81. The Morgan fingerprint density at radius 1 is 1.29 bits per heavy atom. The molecule has 0 radical (unpaired) electrons. The Morgan fingerprint density at radius 2 is 2.04 bits per heavy atom. The number of amides is 2. The van der Waals surface area contributed by atoms with Crippen molar-refractivity contribution in [2.75, 3.05) is 18.4 Å². The number of hydrogen-bond acceptors (Lipinski definition) is 7. The Hall–Kier alpha value is -1.97. The Bertz CT molecular complexity index is 905. The van der Waals surface area contributed by atoms with Crippen molar-refractivity contribution >= 4 is 40.0 Å². The van der Waals surface area contributed by atoms with Gasteiger partial charge in [0, 0.05) is 29.3 Å². The first-order valence-corrected chi connectivity index (χ1v) is 11.0. The summed E-state index contributed by atoms with van der Waals surface area (Å²) in [7, 11) is 0. The van der Waals surface area contributed by atoms with E-state index >= 15 is 0 Å². The molecule has 1 aromatic heterocycles. The van der Waals surface area contributed by atoms with Crippen molar-refractivity contribution < 1.29 is 9.59 Å². The molecule has 3 saturated heterocycles. The Labute approximate surface area is 172 Å². The number of piperidine rings is 3. The number of nitrogens with two attached hydrogens (primary N) is 1. The van der Waals surface area contributed by atoms with Gasteiger partial charge in [0.2, 0.25) is 16.9 Å². The van der Waals surface area contributed by atoms with Crippen LogP contribution < -0.4 is 11.1 Å². The lowest BCUT2D eigenvalue weighted by Crippen LogP contribution is -2.52. The minimum atomic E-state index is -0.376. The molecule has 0 spiro atoms. The fraction of sp³-hybridized carbons (Fsp3) is 0.474. The molecule has 2 amide bonds. The van der Waals surface area contributed by atoms with E-state index in [2.05, 4.69) is 33.4 Å². The molecule has 0 saturated carbocycles. The average molecular weight is 418 g/mol. The van der Waals surface area contributed by atoms with Crippen LogP contribution in [0.3, 0.4) is 0 Å². The van der Waals surface area contributed by atoms with Crippen LogP contribution in [0.1, 0.15) is 48.5 Å². The molecule has 4 heterocycles. The zero-order valence-corrected chi connectivity index (χ0v) is 17.5. The number of carbonyl (C=O) groups excluding carboxylic acids is 2. The second-order valence-electron chi connectivity index (χ2n) is 7.41. The molecule has 9 heteroatoms. The third-order valence-corrected chi connectivity index (χ3v) is 7.60. The minimum absolute atomic E-state index is 0.169. The van der Waals surface area contributed by atoms with Gasteiger partial charge in [0.1, 0.15) is 0 Å². The number of rotatable bonds is 5. The average Bonchev–Trinajstić information content (AvgIpc) is 3.08. The van der Waals surface area contributed by atoms with Crippen LogP contribution in [-0.4, -0.2) is 46.0 Å². The van der Waals surface area contributed by atoms with Crippen molar-refractivity contribution in [2.45, 2.75) is 47.9 Å². The van der Waals surface area contributed by atoms with Crippen molar-refractivity contribution in [2.24, 2.45) is 11.7 Å². The standard InChI is InChI=1S/C19H23N5O2S2/c1-10-16(12-5-7-24(10)8-6-12)15-9-13(3-4-14(15)17(20)26)27-19-23-22-18(28-19)21-11(2)25/h3-4,9-10,12,16H,5-8H2,1-2H3,(H2,20,26)(H,21,22,25)/t10-,16+/m0/s1. The predicted octanol–water partition coefficient (Wildman–Crippen LogP) is 2.94. The Kier molecular flexibility index (Phi) is 5.39. The lowest BCUT2D eigenvalue weighted by atomic mass is 9.70. The SMILES string of the molecule is CC(=O)Nc1nnc(Sc2ccc(C(N)=O)c([C@H]3C4CCN(CC4)[C@H]3C)c2)s1. The van der Waals surface area contributed by atoms with E-state index in [0.29, 0.717) is 28.6 Å². The maximum absolute atomic E-state index is 12.1. The maximum Gasteiger partial charge on any atom is 0.248 e. The quantitative estimate of drug-likeness (QED) is 0.726. The van der Waals surface area contributed by atoms with Gasteiger partial charge in [-0.15, -0.1) is 10.2 Å². The van der Waals surface area contributed by atoms with Crippen LogP contribution in [-0.2, 0) is 4.79 Å². The van der Waals surface area contributed by atoms with Gasteiger partial charge in [-0.1, -0.05) is 23.1 Å². The van der Waals surface area contributed by atoms with Gasteiger partial charge in [0.05, 0.1) is 0 Å². The van der Waals surface area contributed by atoms with Gasteiger partial charge in [-0.25, -0.2) is 0 Å². The van der Waals surface area contributed by atoms with E-state index in [1.54, 1.807) is 0 Å². The number of fused-ring (bicyclic) bond motifs is 3. The van der Waals surface area contributed by atoms with Gasteiger partial charge < -0.3 is 16.0 Å². The van der Waals surface area contributed by atoms with Crippen LogP contribution in [0, 0.1) is 5.92 Å². The van der Waals surface area contributed by atoms with Crippen molar-refractivity contribution in [3.05, 3.63) is 29.3 Å². The van der Waals surface area contributed by atoms with Gasteiger partial charge in [0.25, 0.3) is 0 Å². The van der Waals surface area contributed by atoms with Gasteiger partial charge in [-0.3, -0.25) is 9.59 Å². The summed E-state index contributed by atoms with van der Waals surface area (Å²) >= 11 is 2.81. The highest BCUT2D eigenvalue weighted by atomic mass is 32.2. The highest BCUT2D eigenvalue weighted by Crippen LogP contribution is 2.45. The molecule has 28 heavy (non-hydrogen) atoms. The molecule has 5 rings (SSSR count). The van der Waals surface area contributed by atoms with Crippen LogP contribution >= 0.6 is 23.1 Å². The highest BCUT2D eigenvalue weighted by molar-refractivity contribution is 8.01. The van der Waals surface area contributed by atoms with Crippen LogP contribution in [0.15, 0.2) is 27.4 Å². The zero-order chi connectivity index (χ0) is 19.8. The van der Waals surface area contributed by atoms with Crippen LogP contribution in [0.4, 0.5) is 5.13 Å². The zero-order valence-electron chi connectivity index (χ0n) is 15.8. The normalized spacial score (nSPS) is 26.2. The number of aromatic nitrogens is 2. The summed E-state index contributed by atoms with van der Waals surface area (Å²) in [4.78, 5) is 26.8. The molecule has 3 fully saturated rings. The molecule has 3 aliphatic heterocycles. The van der Waals surface area contributed by atoms with Crippen LogP contribution in [0.25, 0.3) is 0 Å². The molecule has 2 bridgehead atoms. The van der Waals surface area contributed by atoms with E-state index in [1.807, 2.05) is 12.1 Å². The van der Waals surface area contributed by atoms with E-state index < -0.39 is 0 Å². The summed E-state index contributed by atoms with van der Waals surface area (Å²) in [5.41, 5.74) is 7.36. The van der Waals surface area contributed by atoms with Crippen molar-refractivity contribution in [3.8, 4) is 0 Å². The van der Waals surface area contributed by atoms with Gasteiger partial charge in [-0.05, 0) is 62.5 Å². The van der Waals surface area contributed by atoms with Gasteiger partial charge in [-0.2, -0.15) is 0 Å². The smallest absolute Gasteiger partial charge is 0.248 e. The van der Waals surface area contributed by atoms with E-state index in [1.165, 1.54) is 42.9 Å². The summed E-state index contributed by atoms with van der Waals surface area (Å²) in [5.74, 6) is 0.359. The molecule has 3 N–H and O–H groups in total. The molecule has 0 unspecified atom stereocenters. The van der Waals surface area contributed by atoms with E-state index in [9.17, 15) is 9.59 Å². The van der Waals surface area contributed by atoms with Gasteiger partial charge in [0.15, 0.2) is 4.34 Å². The largest absolute Gasteiger partial charge is 0.366 e. The molecule has 3 aliphatic rings. The number of hydrogen-bond donors (Lipinski definition) is 2. The van der Waals surface area contributed by atoms with Crippen molar-refractivity contribution in [1.82, 2.24) is 15.1 Å². The topological polar surface area (TPSA) is 101 Å². The van der Waals surface area contributed by atoms with Crippen molar-refractivity contribution in [1.29, 1.82) is 0 Å². The van der Waals surface area contributed by atoms with E-state index in [4.69, 9.17) is 5.73 Å². The molecule has 7 nitrogen and oxygen atoms in total. The van der Waals surface area contributed by atoms with Crippen LogP contribution in [0.5, 0.6) is 0 Å². The number of primary amides is 1. The lowest BCUT2D eigenvalue weighted by Gasteiger charge is -2.50. The molecule has 148 valence electrons. The highest BCUT2D eigenvalue weighted by Gasteiger charge is 2.41. The first-order chi connectivity index (χ1) is 13.4. The van der Waals surface area contributed by atoms with E-state index in [0.717, 1.165) is 27.9 Å². The Morgan fingerprint density at radius 3 is 2.68 bits per heavy atom. The number of nitrogens with zero attached hydrogens (tertiary/aromatic N) is 3. The molecule has 1 aromatic carbocycles. The third-order valence-electron chi connectivity index (χ3n) is 5.72. The number of carbonyl (C=O) groups is 2. The van der Waals surface area contributed by atoms with E-state index in [-0.39, 0.29) is 11.8 Å². The summed E-state index contributed by atoms with van der Waals surface area (Å²) in [6.07, 6.45) is 2.34. The molecule has 0 aliphatic carbocycles. The first kappa shape index (κ1) is 19.4. The number of benzene rings is 1. The summed E-state index contributed by atoms with van der Waals surface area (Å²) < 4.78 is 0.739.